The third-order valence-corrected chi connectivity index (χ3v) is 7.63. The molecule has 34 heavy (non-hydrogen) atoms. The Morgan fingerprint density at radius 2 is 1.44 bits per heavy atom. The number of piperazine rings is 1. The van der Waals surface area contributed by atoms with Crippen molar-refractivity contribution in [2.45, 2.75) is 13.0 Å². The topological polar surface area (TPSA) is 69.7 Å². The van der Waals surface area contributed by atoms with Crippen LogP contribution >= 0.6 is 0 Å². The highest BCUT2D eigenvalue weighted by Gasteiger charge is 2.30. The lowest BCUT2D eigenvalue weighted by atomic mass is 10.0. The first-order chi connectivity index (χ1) is 16.4. The Kier molecular flexibility index (Phi) is 7.57. The maximum atomic E-state index is 13.0. The second-order valence-electron chi connectivity index (χ2n) is 8.27. The first-order valence-electron chi connectivity index (χ1n) is 11.4. The second-order valence-corrected chi connectivity index (χ2v) is 10.1. The second kappa shape index (κ2) is 10.8. The largest absolute Gasteiger partial charge is 0.324 e. The van der Waals surface area contributed by atoms with Crippen molar-refractivity contribution in [2.24, 2.45) is 0 Å². The quantitative estimate of drug-likeness (QED) is 0.553. The van der Waals surface area contributed by atoms with Crippen molar-refractivity contribution >= 4 is 27.7 Å². The maximum Gasteiger partial charge on any atom is 0.241 e. The molecule has 1 saturated heterocycles. The summed E-state index contributed by atoms with van der Waals surface area (Å²) in [5.41, 5.74) is 3.60. The number of nitrogens with one attached hydrogen (secondary N) is 1. The fraction of sp³-hybridized carbons (Fsp3) is 0.222. The fourth-order valence-corrected chi connectivity index (χ4v) is 5.20. The molecule has 0 unspecified atom stereocenters. The number of hydrogen-bond acceptors (Lipinski definition) is 4. The lowest BCUT2D eigenvalue weighted by Gasteiger charge is -2.36. The SMILES string of the molecule is C[C@H](C(=O)Nc1ccccc1-c1ccccc1)N1CCN(S(=O)(=O)/C=C/c2ccccc2)CC1. The Balaban J connectivity index is 1.36. The number of rotatable bonds is 7. The molecular formula is C27H29N3O3S. The molecule has 1 aliphatic heterocycles. The van der Waals surface area contributed by atoms with E-state index in [1.165, 1.54) is 9.71 Å². The lowest BCUT2D eigenvalue weighted by molar-refractivity contribution is -0.121. The van der Waals surface area contributed by atoms with Gasteiger partial charge in [-0.2, -0.15) is 4.31 Å². The van der Waals surface area contributed by atoms with Crippen LogP contribution in [0.4, 0.5) is 5.69 Å². The summed E-state index contributed by atoms with van der Waals surface area (Å²) in [4.78, 5) is 15.1. The summed E-state index contributed by atoms with van der Waals surface area (Å²) in [6, 6.07) is 26.6. The summed E-state index contributed by atoms with van der Waals surface area (Å²) >= 11 is 0. The third kappa shape index (κ3) is 5.80. The summed E-state index contributed by atoms with van der Waals surface area (Å²) in [6.45, 7) is 3.54. The zero-order valence-electron chi connectivity index (χ0n) is 19.2. The molecule has 0 spiro atoms. The van der Waals surface area contributed by atoms with Crippen molar-refractivity contribution in [3.63, 3.8) is 0 Å². The normalized spacial score (nSPS) is 16.4. The minimum absolute atomic E-state index is 0.108. The van der Waals surface area contributed by atoms with Crippen molar-refractivity contribution in [1.82, 2.24) is 9.21 Å². The Hall–Kier alpha value is -3.26. The Bertz CT molecular complexity index is 1240. The first kappa shape index (κ1) is 23.9. The van der Waals surface area contributed by atoms with Crippen molar-refractivity contribution < 1.29 is 13.2 Å². The van der Waals surface area contributed by atoms with Crippen LogP contribution in [0.15, 0.2) is 90.3 Å². The van der Waals surface area contributed by atoms with E-state index in [0.717, 1.165) is 22.4 Å². The predicted octanol–water partition coefficient (Wildman–Crippen LogP) is 4.30. The van der Waals surface area contributed by atoms with Gasteiger partial charge in [0.05, 0.1) is 6.04 Å². The Labute approximate surface area is 201 Å². The van der Waals surface area contributed by atoms with Gasteiger partial charge in [0, 0.05) is 42.8 Å². The van der Waals surface area contributed by atoms with Crippen LogP contribution in [0.3, 0.4) is 0 Å². The van der Waals surface area contributed by atoms with Gasteiger partial charge in [0.2, 0.25) is 15.9 Å². The molecule has 0 aliphatic carbocycles. The van der Waals surface area contributed by atoms with E-state index < -0.39 is 10.0 Å². The van der Waals surface area contributed by atoms with Crippen LogP contribution in [0.2, 0.25) is 0 Å². The Morgan fingerprint density at radius 1 is 0.853 bits per heavy atom. The molecule has 4 rings (SSSR count). The molecule has 3 aromatic carbocycles. The van der Waals surface area contributed by atoms with Crippen molar-refractivity contribution in [2.75, 3.05) is 31.5 Å². The average molecular weight is 476 g/mol. The molecule has 1 N–H and O–H groups in total. The molecule has 0 radical (unpaired) electrons. The van der Waals surface area contributed by atoms with E-state index in [2.05, 4.69) is 5.32 Å². The van der Waals surface area contributed by atoms with E-state index in [1.807, 2.05) is 96.8 Å². The van der Waals surface area contributed by atoms with Crippen molar-refractivity contribution in [3.8, 4) is 11.1 Å². The van der Waals surface area contributed by atoms with Gasteiger partial charge in [-0.3, -0.25) is 9.69 Å². The van der Waals surface area contributed by atoms with Gasteiger partial charge in [0.1, 0.15) is 0 Å². The van der Waals surface area contributed by atoms with Crippen LogP contribution < -0.4 is 5.32 Å². The summed E-state index contributed by atoms with van der Waals surface area (Å²) in [7, 11) is -3.51. The zero-order chi connectivity index (χ0) is 24.0. The molecule has 0 saturated carbocycles. The van der Waals surface area contributed by atoms with E-state index in [1.54, 1.807) is 6.08 Å². The van der Waals surface area contributed by atoms with E-state index in [-0.39, 0.29) is 11.9 Å². The van der Waals surface area contributed by atoms with E-state index in [9.17, 15) is 13.2 Å². The number of nitrogens with zero attached hydrogens (tertiary/aromatic N) is 2. The summed E-state index contributed by atoms with van der Waals surface area (Å²) in [6.07, 6.45) is 1.61. The predicted molar refractivity (Wildman–Crippen MR) is 138 cm³/mol. The number of hydrogen-bond donors (Lipinski definition) is 1. The molecule has 1 amide bonds. The zero-order valence-corrected chi connectivity index (χ0v) is 20.0. The van der Waals surface area contributed by atoms with E-state index in [4.69, 9.17) is 0 Å². The summed E-state index contributed by atoms with van der Waals surface area (Å²) < 4.78 is 26.9. The van der Waals surface area contributed by atoms with Gasteiger partial charge in [0.25, 0.3) is 0 Å². The minimum atomic E-state index is -3.51. The van der Waals surface area contributed by atoms with Crippen LogP contribution in [-0.4, -0.2) is 55.8 Å². The van der Waals surface area contributed by atoms with Gasteiger partial charge in [-0.1, -0.05) is 78.9 Å². The molecule has 1 aliphatic rings. The Morgan fingerprint density at radius 3 is 2.12 bits per heavy atom. The van der Waals surface area contributed by atoms with Gasteiger partial charge >= 0.3 is 0 Å². The van der Waals surface area contributed by atoms with Crippen LogP contribution in [0.25, 0.3) is 17.2 Å². The van der Waals surface area contributed by atoms with Gasteiger partial charge in [0.15, 0.2) is 0 Å². The maximum absolute atomic E-state index is 13.0. The van der Waals surface area contributed by atoms with Crippen LogP contribution in [0.5, 0.6) is 0 Å². The number of carbonyl (C=O) groups excluding carboxylic acids is 1. The van der Waals surface area contributed by atoms with Gasteiger partial charge in [-0.05, 0) is 30.2 Å². The van der Waals surface area contributed by atoms with E-state index in [0.29, 0.717) is 26.2 Å². The third-order valence-electron chi connectivity index (χ3n) is 6.06. The molecule has 1 heterocycles. The molecule has 7 heteroatoms. The average Bonchev–Trinajstić information content (AvgIpc) is 2.88. The molecule has 3 aromatic rings. The highest BCUT2D eigenvalue weighted by Crippen LogP contribution is 2.28. The highest BCUT2D eigenvalue weighted by molar-refractivity contribution is 7.92. The van der Waals surface area contributed by atoms with Crippen LogP contribution in [0, 0.1) is 0 Å². The highest BCUT2D eigenvalue weighted by atomic mass is 32.2. The number of para-hydroxylation sites is 1. The number of benzene rings is 3. The standard InChI is InChI=1S/C27H29N3O3S/c1-22(27(31)28-26-15-9-8-14-25(26)24-12-6-3-7-13-24)29-17-19-30(20-18-29)34(32,33)21-16-23-10-4-2-5-11-23/h2-16,21-22H,17-20H2,1H3,(H,28,31)/b21-16+/t22-/m1/s1. The monoisotopic (exact) mass is 475 g/mol. The molecule has 1 fully saturated rings. The smallest absolute Gasteiger partial charge is 0.241 e. The molecular weight excluding hydrogens is 446 g/mol. The number of sulfonamides is 1. The lowest BCUT2D eigenvalue weighted by Crippen LogP contribution is -2.53. The molecule has 176 valence electrons. The first-order valence-corrected chi connectivity index (χ1v) is 12.9. The summed E-state index contributed by atoms with van der Waals surface area (Å²) in [5, 5.41) is 4.32. The van der Waals surface area contributed by atoms with Crippen molar-refractivity contribution in [3.05, 3.63) is 95.9 Å². The van der Waals surface area contributed by atoms with Crippen LogP contribution in [-0.2, 0) is 14.8 Å². The molecule has 0 aromatic heterocycles. The summed E-state index contributed by atoms with van der Waals surface area (Å²) in [5.74, 6) is -0.108. The number of anilines is 1. The molecule has 6 nitrogen and oxygen atoms in total. The van der Waals surface area contributed by atoms with Crippen LogP contribution in [0.1, 0.15) is 12.5 Å². The molecule has 0 bridgehead atoms. The minimum Gasteiger partial charge on any atom is -0.324 e. The number of carbonyl (C=O) groups is 1. The molecule has 1 atom stereocenters. The number of amides is 1. The van der Waals surface area contributed by atoms with Gasteiger partial charge < -0.3 is 5.32 Å². The fourth-order valence-electron chi connectivity index (χ4n) is 4.02. The van der Waals surface area contributed by atoms with Gasteiger partial charge in [-0.15, -0.1) is 0 Å². The van der Waals surface area contributed by atoms with E-state index >= 15 is 0 Å². The van der Waals surface area contributed by atoms with Gasteiger partial charge in [-0.25, -0.2) is 8.42 Å². The van der Waals surface area contributed by atoms with Crippen molar-refractivity contribution in [1.29, 1.82) is 0 Å².